The molecule has 0 amide bonds. The number of pyridine rings is 1. The van der Waals surface area contributed by atoms with Gasteiger partial charge >= 0.3 is 0 Å². The summed E-state index contributed by atoms with van der Waals surface area (Å²) in [6.45, 7) is 3.26. The molecule has 0 aliphatic rings. The van der Waals surface area contributed by atoms with Crippen LogP contribution in [0.3, 0.4) is 0 Å². The van der Waals surface area contributed by atoms with Crippen molar-refractivity contribution in [3.05, 3.63) is 22.8 Å². The van der Waals surface area contributed by atoms with Crippen LogP contribution in [0.1, 0.15) is 38.2 Å². The molecular weight excluding hydrogens is 224 g/mol. The van der Waals surface area contributed by atoms with Crippen LogP contribution in [0, 0.1) is 0 Å². The molecule has 0 saturated carbocycles. The molecule has 2 N–H and O–H groups in total. The Balaban J connectivity index is 2.41. The molecule has 0 unspecified atom stereocenters. The van der Waals surface area contributed by atoms with Crippen LogP contribution in [0.5, 0.6) is 5.88 Å². The minimum atomic E-state index is 0.410. The number of rotatable bonds is 7. The predicted octanol–water partition coefficient (Wildman–Crippen LogP) is 3.15. The lowest BCUT2D eigenvalue weighted by Crippen LogP contribution is -2.03. The first-order chi connectivity index (χ1) is 7.79. The minimum Gasteiger partial charge on any atom is -0.477 e. The largest absolute Gasteiger partial charge is 0.477 e. The van der Waals surface area contributed by atoms with Crippen molar-refractivity contribution < 1.29 is 4.74 Å². The van der Waals surface area contributed by atoms with Crippen LogP contribution >= 0.6 is 11.6 Å². The Morgan fingerprint density at radius 3 is 2.88 bits per heavy atom. The molecule has 0 saturated heterocycles. The minimum absolute atomic E-state index is 0.410. The van der Waals surface area contributed by atoms with Crippen molar-refractivity contribution in [2.24, 2.45) is 5.73 Å². The van der Waals surface area contributed by atoms with Gasteiger partial charge in [-0.3, -0.25) is 0 Å². The van der Waals surface area contributed by atoms with Crippen LogP contribution in [-0.2, 0) is 6.54 Å². The molecule has 1 rings (SSSR count). The first-order valence-corrected chi connectivity index (χ1v) is 6.13. The molecule has 3 nitrogen and oxygen atoms in total. The number of halogens is 1. The van der Waals surface area contributed by atoms with E-state index in [2.05, 4.69) is 11.9 Å². The summed E-state index contributed by atoms with van der Waals surface area (Å²) in [5.74, 6) is 0.501. The molecule has 1 heterocycles. The van der Waals surface area contributed by atoms with Crippen LogP contribution in [-0.4, -0.2) is 11.6 Å². The fourth-order valence-corrected chi connectivity index (χ4v) is 1.66. The number of hydrogen-bond donors (Lipinski definition) is 1. The van der Waals surface area contributed by atoms with Crippen molar-refractivity contribution in [3.63, 3.8) is 0 Å². The monoisotopic (exact) mass is 242 g/mol. The highest BCUT2D eigenvalue weighted by Gasteiger charge is 2.06. The van der Waals surface area contributed by atoms with Gasteiger partial charge in [0.15, 0.2) is 0 Å². The number of ether oxygens (including phenoxy) is 1. The second-order valence-corrected chi connectivity index (χ2v) is 4.08. The van der Waals surface area contributed by atoms with Gasteiger partial charge in [-0.25, -0.2) is 4.98 Å². The van der Waals surface area contributed by atoms with Gasteiger partial charge in [0, 0.05) is 12.7 Å². The number of unbranched alkanes of at least 4 members (excludes halogenated alkanes) is 3. The van der Waals surface area contributed by atoms with E-state index in [0.29, 0.717) is 24.1 Å². The third-order valence-corrected chi connectivity index (χ3v) is 2.80. The number of nitrogens with two attached hydrogens (primary N) is 1. The van der Waals surface area contributed by atoms with E-state index < -0.39 is 0 Å². The molecule has 0 aliphatic heterocycles. The van der Waals surface area contributed by atoms with Gasteiger partial charge < -0.3 is 10.5 Å². The van der Waals surface area contributed by atoms with Crippen LogP contribution in [0.25, 0.3) is 0 Å². The fraction of sp³-hybridized carbons (Fsp3) is 0.583. The highest BCUT2D eigenvalue weighted by Crippen LogP contribution is 2.25. The molecule has 16 heavy (non-hydrogen) atoms. The summed E-state index contributed by atoms with van der Waals surface area (Å²) in [7, 11) is 0. The lowest BCUT2D eigenvalue weighted by molar-refractivity contribution is 0.294. The summed E-state index contributed by atoms with van der Waals surface area (Å²) in [5.41, 5.74) is 6.42. The summed E-state index contributed by atoms with van der Waals surface area (Å²) in [6.07, 6.45) is 6.37. The van der Waals surface area contributed by atoms with Gasteiger partial charge in [-0.2, -0.15) is 0 Å². The molecule has 0 aliphatic carbocycles. The lowest BCUT2D eigenvalue weighted by Gasteiger charge is -2.08. The quantitative estimate of drug-likeness (QED) is 0.748. The van der Waals surface area contributed by atoms with E-state index in [-0.39, 0.29) is 0 Å². The van der Waals surface area contributed by atoms with Crippen LogP contribution in [0.2, 0.25) is 5.02 Å². The number of aromatic nitrogens is 1. The summed E-state index contributed by atoms with van der Waals surface area (Å²) in [4.78, 5) is 4.09. The SMILES string of the molecule is CCCCCCOc1nccc(CN)c1Cl. The number of hydrogen-bond acceptors (Lipinski definition) is 3. The van der Waals surface area contributed by atoms with Crippen molar-refractivity contribution in [2.45, 2.75) is 39.2 Å². The summed E-state index contributed by atoms with van der Waals surface area (Å²) < 4.78 is 5.53. The van der Waals surface area contributed by atoms with E-state index in [4.69, 9.17) is 22.1 Å². The standard InChI is InChI=1S/C12H19ClN2O/c1-2-3-4-5-8-16-12-11(13)10(9-14)6-7-15-12/h6-7H,2-5,8-9,14H2,1H3. The third kappa shape index (κ3) is 3.99. The fourth-order valence-electron chi connectivity index (χ4n) is 1.42. The van der Waals surface area contributed by atoms with Crippen LogP contribution < -0.4 is 10.5 Å². The Bertz CT molecular complexity index is 318. The van der Waals surface area contributed by atoms with Crippen LogP contribution in [0.4, 0.5) is 0 Å². The highest BCUT2D eigenvalue weighted by atomic mass is 35.5. The maximum absolute atomic E-state index is 6.08. The average molecular weight is 243 g/mol. The molecule has 0 fully saturated rings. The van der Waals surface area contributed by atoms with Crippen molar-refractivity contribution in [1.82, 2.24) is 4.98 Å². The van der Waals surface area contributed by atoms with Crippen molar-refractivity contribution in [1.29, 1.82) is 0 Å². The van der Waals surface area contributed by atoms with Crippen molar-refractivity contribution in [2.75, 3.05) is 6.61 Å². The molecule has 0 radical (unpaired) electrons. The maximum Gasteiger partial charge on any atom is 0.232 e. The topological polar surface area (TPSA) is 48.1 Å². The second-order valence-electron chi connectivity index (χ2n) is 3.70. The third-order valence-electron chi connectivity index (χ3n) is 2.39. The zero-order chi connectivity index (χ0) is 11.8. The summed E-state index contributed by atoms with van der Waals surface area (Å²) in [5, 5.41) is 0.542. The molecule has 90 valence electrons. The van der Waals surface area contributed by atoms with Gasteiger partial charge in [0.2, 0.25) is 5.88 Å². The molecular formula is C12H19ClN2O. The summed E-state index contributed by atoms with van der Waals surface area (Å²) >= 11 is 6.08. The molecule has 4 heteroatoms. The Kier molecular flexibility index (Phi) is 6.19. The van der Waals surface area contributed by atoms with Crippen molar-refractivity contribution >= 4 is 11.6 Å². The lowest BCUT2D eigenvalue weighted by atomic mass is 10.2. The van der Waals surface area contributed by atoms with Gasteiger partial charge in [0.25, 0.3) is 0 Å². The first kappa shape index (κ1) is 13.3. The normalized spacial score (nSPS) is 10.4. The van der Waals surface area contributed by atoms with E-state index >= 15 is 0 Å². The smallest absolute Gasteiger partial charge is 0.232 e. The Labute approximate surface area is 102 Å². The average Bonchev–Trinajstić information content (AvgIpc) is 2.31. The Hall–Kier alpha value is -0.800. The molecule has 0 aromatic carbocycles. The van der Waals surface area contributed by atoms with Gasteiger partial charge in [-0.15, -0.1) is 0 Å². The molecule has 0 atom stereocenters. The van der Waals surface area contributed by atoms with E-state index in [1.165, 1.54) is 19.3 Å². The van der Waals surface area contributed by atoms with Gasteiger partial charge in [-0.1, -0.05) is 37.8 Å². The van der Waals surface area contributed by atoms with Crippen LogP contribution in [0.15, 0.2) is 12.3 Å². The van der Waals surface area contributed by atoms with Gasteiger partial charge in [0.1, 0.15) is 5.02 Å². The van der Waals surface area contributed by atoms with Gasteiger partial charge in [-0.05, 0) is 18.1 Å². The Morgan fingerprint density at radius 1 is 1.38 bits per heavy atom. The van der Waals surface area contributed by atoms with E-state index in [9.17, 15) is 0 Å². The van der Waals surface area contributed by atoms with E-state index in [1.54, 1.807) is 6.20 Å². The Morgan fingerprint density at radius 2 is 2.19 bits per heavy atom. The first-order valence-electron chi connectivity index (χ1n) is 5.75. The zero-order valence-corrected chi connectivity index (χ0v) is 10.5. The second kappa shape index (κ2) is 7.47. The zero-order valence-electron chi connectivity index (χ0n) is 9.71. The molecule has 1 aromatic heterocycles. The predicted molar refractivity (Wildman–Crippen MR) is 66.8 cm³/mol. The number of nitrogens with zero attached hydrogens (tertiary/aromatic N) is 1. The highest BCUT2D eigenvalue weighted by molar-refractivity contribution is 6.32. The molecule has 0 bridgehead atoms. The van der Waals surface area contributed by atoms with E-state index in [1.807, 2.05) is 6.07 Å². The molecule has 1 aromatic rings. The molecule has 0 spiro atoms. The van der Waals surface area contributed by atoms with E-state index in [0.717, 1.165) is 12.0 Å². The maximum atomic E-state index is 6.08. The summed E-state index contributed by atoms with van der Waals surface area (Å²) in [6, 6.07) is 1.81. The van der Waals surface area contributed by atoms with Gasteiger partial charge in [0.05, 0.1) is 6.61 Å². The van der Waals surface area contributed by atoms with Crippen molar-refractivity contribution in [3.8, 4) is 5.88 Å².